The smallest absolute Gasteiger partial charge is 0.225 e. The van der Waals surface area contributed by atoms with Gasteiger partial charge < -0.3 is 15.6 Å². The van der Waals surface area contributed by atoms with Crippen LogP contribution in [0, 0.1) is 0 Å². The highest BCUT2D eigenvalue weighted by Gasteiger charge is 2.29. The fourth-order valence-corrected chi connectivity index (χ4v) is 3.37. The summed E-state index contributed by atoms with van der Waals surface area (Å²) < 4.78 is 0. The molecule has 1 aromatic carbocycles. The van der Waals surface area contributed by atoms with Crippen molar-refractivity contribution in [2.24, 2.45) is 0 Å². The van der Waals surface area contributed by atoms with Gasteiger partial charge in [-0.15, -0.1) is 0 Å². The summed E-state index contributed by atoms with van der Waals surface area (Å²) in [6, 6.07) is 7.49. The lowest BCUT2D eigenvalue weighted by molar-refractivity contribution is 0.528. The largest absolute Gasteiger partial charge is 0.349 e. The zero-order chi connectivity index (χ0) is 16.6. The SMILES string of the molecule is CC1(Nc2ncc3nc(Nc4cccc(Cl)c4)[nH]c3n2)CCCC1. The molecule has 2 heterocycles. The normalized spacial score (nSPS) is 16.4. The molecule has 1 saturated carbocycles. The topological polar surface area (TPSA) is 78.5 Å². The van der Waals surface area contributed by atoms with Crippen molar-refractivity contribution < 1.29 is 0 Å². The number of nitrogens with one attached hydrogen (secondary N) is 3. The second kappa shape index (κ2) is 5.94. The average Bonchev–Trinajstić information content (AvgIpc) is 3.13. The van der Waals surface area contributed by atoms with Crippen LogP contribution in [0.2, 0.25) is 5.02 Å². The number of rotatable bonds is 4. The van der Waals surface area contributed by atoms with Gasteiger partial charge in [-0.05, 0) is 38.0 Å². The average molecular weight is 343 g/mol. The molecule has 7 heteroatoms. The van der Waals surface area contributed by atoms with Crippen molar-refractivity contribution in [2.75, 3.05) is 10.6 Å². The molecule has 1 fully saturated rings. The van der Waals surface area contributed by atoms with Gasteiger partial charge in [-0.3, -0.25) is 0 Å². The summed E-state index contributed by atoms with van der Waals surface area (Å²) in [5.74, 6) is 1.26. The number of H-pyrrole nitrogens is 1. The molecule has 0 amide bonds. The summed E-state index contributed by atoms with van der Waals surface area (Å²) in [6.07, 6.45) is 6.55. The number of nitrogens with zero attached hydrogens (tertiary/aromatic N) is 3. The summed E-state index contributed by atoms with van der Waals surface area (Å²) in [7, 11) is 0. The standard InChI is InChI=1S/C17H19ClN6/c1-17(7-2-3-8-17)24-15-19-10-13-14(22-15)23-16(21-13)20-12-6-4-5-11(18)9-12/h4-6,9-10H,2-3,7-8H2,1H3,(H3,19,20,21,22,23,24). The zero-order valence-corrected chi connectivity index (χ0v) is 14.2. The van der Waals surface area contributed by atoms with Crippen molar-refractivity contribution in [3.8, 4) is 0 Å². The lowest BCUT2D eigenvalue weighted by Gasteiger charge is -2.24. The van der Waals surface area contributed by atoms with Crippen LogP contribution < -0.4 is 10.6 Å². The highest BCUT2D eigenvalue weighted by Crippen LogP contribution is 2.31. The van der Waals surface area contributed by atoms with Crippen molar-refractivity contribution in [3.05, 3.63) is 35.5 Å². The quantitative estimate of drug-likeness (QED) is 0.650. The second-order valence-corrected chi connectivity index (χ2v) is 6.98. The van der Waals surface area contributed by atoms with Crippen LogP contribution >= 0.6 is 11.6 Å². The number of aromatic amines is 1. The van der Waals surface area contributed by atoms with Crippen LogP contribution in [0.15, 0.2) is 30.5 Å². The number of hydrogen-bond acceptors (Lipinski definition) is 5. The van der Waals surface area contributed by atoms with Gasteiger partial charge in [0.1, 0.15) is 5.52 Å². The molecule has 0 aliphatic heterocycles. The molecule has 3 aromatic rings. The van der Waals surface area contributed by atoms with Crippen LogP contribution in [0.1, 0.15) is 32.6 Å². The van der Waals surface area contributed by atoms with Crippen molar-refractivity contribution in [3.63, 3.8) is 0 Å². The number of imidazole rings is 1. The summed E-state index contributed by atoms with van der Waals surface area (Å²) in [6.45, 7) is 2.23. The van der Waals surface area contributed by atoms with Crippen LogP contribution in [0.3, 0.4) is 0 Å². The number of aromatic nitrogens is 4. The minimum absolute atomic E-state index is 0.0928. The maximum atomic E-state index is 6.00. The first-order chi connectivity index (χ1) is 11.6. The number of halogens is 1. The Morgan fingerprint density at radius 2 is 2.04 bits per heavy atom. The number of fused-ring (bicyclic) bond motifs is 1. The minimum atomic E-state index is 0.0928. The van der Waals surface area contributed by atoms with Crippen LogP contribution in [-0.4, -0.2) is 25.5 Å². The van der Waals surface area contributed by atoms with E-state index >= 15 is 0 Å². The predicted octanol–water partition coefficient (Wildman–Crippen LogP) is 4.49. The van der Waals surface area contributed by atoms with Crippen LogP contribution in [0.4, 0.5) is 17.6 Å². The molecule has 24 heavy (non-hydrogen) atoms. The third-order valence-corrected chi connectivity index (χ3v) is 4.68. The van der Waals surface area contributed by atoms with Gasteiger partial charge in [-0.25, -0.2) is 9.97 Å². The van der Waals surface area contributed by atoms with Gasteiger partial charge >= 0.3 is 0 Å². The fraction of sp³-hybridized carbons (Fsp3) is 0.353. The van der Waals surface area contributed by atoms with Gasteiger partial charge in [0.05, 0.1) is 6.20 Å². The Labute approximate surface area is 145 Å². The molecular weight excluding hydrogens is 324 g/mol. The monoisotopic (exact) mass is 342 g/mol. The Morgan fingerprint density at radius 3 is 2.83 bits per heavy atom. The third kappa shape index (κ3) is 3.14. The molecule has 0 spiro atoms. The van der Waals surface area contributed by atoms with Crippen LogP contribution in [0.5, 0.6) is 0 Å². The highest BCUT2D eigenvalue weighted by atomic mass is 35.5. The lowest BCUT2D eigenvalue weighted by Crippen LogP contribution is -2.31. The third-order valence-electron chi connectivity index (χ3n) is 4.45. The van der Waals surface area contributed by atoms with E-state index in [2.05, 4.69) is 37.5 Å². The van der Waals surface area contributed by atoms with E-state index in [0.717, 1.165) is 24.0 Å². The Bertz CT molecular complexity index is 868. The maximum absolute atomic E-state index is 6.00. The molecule has 0 radical (unpaired) electrons. The Kier molecular flexibility index (Phi) is 3.76. The van der Waals surface area contributed by atoms with E-state index in [1.54, 1.807) is 6.20 Å². The molecule has 2 aromatic heterocycles. The molecule has 0 atom stereocenters. The molecular formula is C17H19ClN6. The van der Waals surface area contributed by atoms with E-state index in [-0.39, 0.29) is 5.54 Å². The van der Waals surface area contributed by atoms with Gasteiger partial charge in [0, 0.05) is 16.2 Å². The second-order valence-electron chi connectivity index (χ2n) is 6.54. The molecule has 1 aliphatic rings. The van der Waals surface area contributed by atoms with Crippen molar-refractivity contribution in [1.29, 1.82) is 0 Å². The Hall–Kier alpha value is -2.34. The van der Waals surface area contributed by atoms with Gasteiger partial charge in [0.2, 0.25) is 11.9 Å². The van der Waals surface area contributed by atoms with Crippen molar-refractivity contribution >= 4 is 40.3 Å². The lowest BCUT2D eigenvalue weighted by atomic mass is 10.0. The molecule has 1 aliphatic carbocycles. The molecule has 124 valence electrons. The number of hydrogen-bond donors (Lipinski definition) is 3. The summed E-state index contributed by atoms with van der Waals surface area (Å²) >= 11 is 6.00. The van der Waals surface area contributed by atoms with Gasteiger partial charge in [-0.1, -0.05) is 30.5 Å². The highest BCUT2D eigenvalue weighted by molar-refractivity contribution is 6.30. The van der Waals surface area contributed by atoms with Crippen LogP contribution in [-0.2, 0) is 0 Å². The summed E-state index contributed by atoms with van der Waals surface area (Å²) in [4.78, 5) is 16.6. The summed E-state index contributed by atoms with van der Waals surface area (Å²) in [5.41, 5.74) is 2.39. The number of benzene rings is 1. The van der Waals surface area contributed by atoms with E-state index in [4.69, 9.17) is 11.6 Å². The van der Waals surface area contributed by atoms with E-state index in [0.29, 0.717) is 22.6 Å². The zero-order valence-electron chi connectivity index (χ0n) is 13.4. The molecule has 0 bridgehead atoms. The van der Waals surface area contributed by atoms with Gasteiger partial charge in [0.15, 0.2) is 5.65 Å². The first-order valence-corrected chi connectivity index (χ1v) is 8.51. The molecule has 0 saturated heterocycles. The first-order valence-electron chi connectivity index (χ1n) is 8.13. The first kappa shape index (κ1) is 15.2. The predicted molar refractivity (Wildman–Crippen MR) is 96.9 cm³/mol. The fourth-order valence-electron chi connectivity index (χ4n) is 3.18. The van der Waals surface area contributed by atoms with E-state index in [1.165, 1.54) is 12.8 Å². The van der Waals surface area contributed by atoms with E-state index < -0.39 is 0 Å². The van der Waals surface area contributed by atoms with Crippen molar-refractivity contribution in [1.82, 2.24) is 19.9 Å². The maximum Gasteiger partial charge on any atom is 0.225 e. The van der Waals surface area contributed by atoms with Crippen molar-refractivity contribution in [2.45, 2.75) is 38.1 Å². The van der Waals surface area contributed by atoms with Gasteiger partial charge in [0.25, 0.3) is 0 Å². The molecule has 6 nitrogen and oxygen atoms in total. The molecule has 3 N–H and O–H groups in total. The Balaban J connectivity index is 1.57. The molecule has 0 unspecified atom stereocenters. The molecule has 4 rings (SSSR count). The minimum Gasteiger partial charge on any atom is -0.349 e. The number of anilines is 3. The van der Waals surface area contributed by atoms with E-state index in [9.17, 15) is 0 Å². The summed E-state index contributed by atoms with van der Waals surface area (Å²) in [5, 5.41) is 7.34. The van der Waals surface area contributed by atoms with Crippen LogP contribution in [0.25, 0.3) is 11.2 Å². The Morgan fingerprint density at radius 1 is 1.21 bits per heavy atom. The van der Waals surface area contributed by atoms with Gasteiger partial charge in [-0.2, -0.15) is 4.98 Å². The van der Waals surface area contributed by atoms with E-state index in [1.807, 2.05) is 24.3 Å².